The largest absolute Gasteiger partial charge is 0.485 e. The quantitative estimate of drug-likeness (QED) is 0.306. The fourth-order valence-corrected chi connectivity index (χ4v) is 3.27. The molecule has 0 spiro atoms. The molecule has 0 aromatic heterocycles. The molecule has 0 amide bonds. The molecule has 0 bridgehead atoms. The average molecular weight is 408 g/mol. The van der Waals surface area contributed by atoms with E-state index in [0.29, 0.717) is 36.7 Å². The molecule has 31 heavy (non-hydrogen) atoms. The van der Waals surface area contributed by atoms with Crippen molar-refractivity contribution in [3.05, 3.63) is 131 Å². The number of hydrogen-bond acceptors (Lipinski definition) is 3. The van der Waals surface area contributed by atoms with Gasteiger partial charge in [-0.2, -0.15) is 0 Å². The van der Waals surface area contributed by atoms with Gasteiger partial charge in [-0.1, -0.05) is 91.0 Å². The van der Waals surface area contributed by atoms with Crippen molar-refractivity contribution in [1.82, 2.24) is 0 Å². The van der Waals surface area contributed by atoms with E-state index in [4.69, 9.17) is 9.47 Å². The van der Waals surface area contributed by atoms with E-state index in [1.54, 1.807) is 12.1 Å². The molecule has 0 unspecified atom stereocenters. The van der Waals surface area contributed by atoms with Crippen molar-refractivity contribution in [1.29, 1.82) is 0 Å². The number of ether oxygens (including phenoxy) is 2. The molecule has 154 valence electrons. The third-order valence-corrected chi connectivity index (χ3v) is 4.95. The van der Waals surface area contributed by atoms with E-state index in [-0.39, 0.29) is 5.78 Å². The second-order valence-electron chi connectivity index (χ2n) is 7.30. The highest BCUT2D eigenvalue weighted by molar-refractivity contribution is 5.98. The summed E-state index contributed by atoms with van der Waals surface area (Å²) in [5.41, 5.74) is 3.72. The lowest BCUT2D eigenvalue weighted by atomic mass is 10.0. The van der Waals surface area contributed by atoms with Crippen LogP contribution in [-0.2, 0) is 19.6 Å². The van der Waals surface area contributed by atoms with Crippen molar-refractivity contribution < 1.29 is 14.3 Å². The summed E-state index contributed by atoms with van der Waals surface area (Å²) < 4.78 is 12.1. The van der Waals surface area contributed by atoms with Crippen LogP contribution in [-0.4, -0.2) is 5.78 Å². The van der Waals surface area contributed by atoms with E-state index >= 15 is 0 Å². The third-order valence-electron chi connectivity index (χ3n) is 4.95. The summed E-state index contributed by atoms with van der Waals surface area (Å²) in [7, 11) is 0. The van der Waals surface area contributed by atoms with E-state index in [9.17, 15) is 4.79 Å². The molecule has 4 aromatic carbocycles. The first-order chi connectivity index (χ1) is 15.3. The maximum Gasteiger partial charge on any atom is 0.167 e. The van der Waals surface area contributed by atoms with Crippen LogP contribution in [0.1, 0.15) is 27.0 Å². The van der Waals surface area contributed by atoms with Gasteiger partial charge in [0, 0.05) is 12.0 Å². The molecule has 4 aromatic rings. The van der Waals surface area contributed by atoms with E-state index in [1.807, 2.05) is 97.1 Å². The van der Waals surface area contributed by atoms with Gasteiger partial charge in [0.25, 0.3) is 0 Å². The van der Waals surface area contributed by atoms with Crippen molar-refractivity contribution in [2.24, 2.45) is 0 Å². The van der Waals surface area contributed by atoms with Gasteiger partial charge in [-0.15, -0.1) is 0 Å². The maximum absolute atomic E-state index is 12.8. The SMILES string of the molecule is O=C(Cc1ccccc1)c1ccc(OCc2ccccc2)c(OCc2ccccc2)c1. The molecular formula is C28H24O3. The van der Waals surface area contributed by atoms with Crippen LogP contribution in [0, 0.1) is 0 Å². The maximum atomic E-state index is 12.8. The van der Waals surface area contributed by atoms with Crippen molar-refractivity contribution in [2.45, 2.75) is 19.6 Å². The predicted molar refractivity (Wildman–Crippen MR) is 122 cm³/mol. The molecular weight excluding hydrogens is 384 g/mol. The molecule has 3 nitrogen and oxygen atoms in total. The summed E-state index contributed by atoms with van der Waals surface area (Å²) in [6.45, 7) is 0.832. The predicted octanol–water partition coefficient (Wildman–Crippen LogP) is 6.27. The summed E-state index contributed by atoms with van der Waals surface area (Å²) in [5.74, 6) is 1.24. The van der Waals surface area contributed by atoms with Crippen LogP contribution in [0.3, 0.4) is 0 Å². The van der Waals surface area contributed by atoms with Gasteiger partial charge in [0.1, 0.15) is 13.2 Å². The molecule has 0 aliphatic carbocycles. The van der Waals surface area contributed by atoms with Crippen LogP contribution >= 0.6 is 0 Å². The Morgan fingerprint density at radius 3 is 1.58 bits per heavy atom. The van der Waals surface area contributed by atoms with E-state index in [1.165, 1.54) is 0 Å². The Bertz CT molecular complexity index is 1110. The summed E-state index contributed by atoms with van der Waals surface area (Å²) in [6.07, 6.45) is 0.350. The van der Waals surface area contributed by atoms with Gasteiger partial charge in [0.15, 0.2) is 17.3 Å². The standard InChI is InChI=1S/C28H24O3/c29-26(18-22-10-4-1-5-11-22)25-16-17-27(30-20-23-12-6-2-7-13-23)28(19-25)31-21-24-14-8-3-9-15-24/h1-17,19H,18,20-21H2. The summed E-state index contributed by atoms with van der Waals surface area (Å²) in [4.78, 5) is 12.8. The number of ketones is 1. The molecule has 0 saturated heterocycles. The summed E-state index contributed by atoms with van der Waals surface area (Å²) in [6, 6.07) is 35.1. The highest BCUT2D eigenvalue weighted by Gasteiger charge is 2.13. The second kappa shape index (κ2) is 10.3. The lowest BCUT2D eigenvalue weighted by molar-refractivity contribution is 0.0992. The molecule has 0 fully saturated rings. The van der Waals surface area contributed by atoms with Gasteiger partial charge < -0.3 is 9.47 Å². The lowest BCUT2D eigenvalue weighted by Crippen LogP contribution is -2.06. The number of benzene rings is 4. The summed E-state index contributed by atoms with van der Waals surface area (Å²) in [5, 5.41) is 0. The Balaban J connectivity index is 1.53. The van der Waals surface area contributed by atoms with Gasteiger partial charge in [-0.3, -0.25) is 4.79 Å². The number of hydrogen-bond donors (Lipinski definition) is 0. The fourth-order valence-electron chi connectivity index (χ4n) is 3.27. The van der Waals surface area contributed by atoms with Crippen LogP contribution < -0.4 is 9.47 Å². The molecule has 0 N–H and O–H groups in total. The van der Waals surface area contributed by atoms with Crippen LogP contribution in [0.15, 0.2) is 109 Å². The average Bonchev–Trinajstić information content (AvgIpc) is 2.83. The highest BCUT2D eigenvalue weighted by Crippen LogP contribution is 2.30. The minimum atomic E-state index is 0.0466. The van der Waals surface area contributed by atoms with Crippen molar-refractivity contribution in [3.8, 4) is 11.5 Å². The monoisotopic (exact) mass is 408 g/mol. The number of rotatable bonds is 9. The van der Waals surface area contributed by atoms with Gasteiger partial charge in [-0.25, -0.2) is 0 Å². The lowest BCUT2D eigenvalue weighted by Gasteiger charge is -2.14. The molecule has 0 aliphatic rings. The first-order valence-electron chi connectivity index (χ1n) is 10.3. The first-order valence-corrected chi connectivity index (χ1v) is 10.3. The van der Waals surface area contributed by atoms with Gasteiger partial charge >= 0.3 is 0 Å². The van der Waals surface area contributed by atoms with Crippen LogP contribution in [0.25, 0.3) is 0 Å². The topological polar surface area (TPSA) is 35.5 Å². The minimum Gasteiger partial charge on any atom is -0.485 e. The summed E-state index contributed by atoms with van der Waals surface area (Å²) >= 11 is 0. The molecule has 4 rings (SSSR count). The van der Waals surface area contributed by atoms with Gasteiger partial charge in [-0.05, 0) is 34.9 Å². The number of Topliss-reactive ketones (excluding diaryl/α,β-unsaturated/α-hetero) is 1. The molecule has 0 radical (unpaired) electrons. The van der Waals surface area contributed by atoms with E-state index in [0.717, 1.165) is 16.7 Å². The van der Waals surface area contributed by atoms with Crippen molar-refractivity contribution >= 4 is 5.78 Å². The van der Waals surface area contributed by atoms with E-state index in [2.05, 4.69) is 0 Å². The highest BCUT2D eigenvalue weighted by atomic mass is 16.5. The van der Waals surface area contributed by atoms with Crippen LogP contribution in [0.5, 0.6) is 11.5 Å². The number of carbonyl (C=O) groups is 1. The molecule has 0 heterocycles. The van der Waals surface area contributed by atoms with E-state index < -0.39 is 0 Å². The van der Waals surface area contributed by atoms with Crippen LogP contribution in [0.4, 0.5) is 0 Å². The Labute approximate surface area is 182 Å². The molecule has 0 atom stereocenters. The zero-order valence-electron chi connectivity index (χ0n) is 17.2. The Morgan fingerprint density at radius 1 is 0.548 bits per heavy atom. The number of carbonyl (C=O) groups excluding carboxylic acids is 1. The van der Waals surface area contributed by atoms with Gasteiger partial charge in [0.05, 0.1) is 0 Å². The Hall–Kier alpha value is -3.85. The van der Waals surface area contributed by atoms with Crippen molar-refractivity contribution in [3.63, 3.8) is 0 Å². The Morgan fingerprint density at radius 2 is 1.03 bits per heavy atom. The third kappa shape index (κ3) is 5.83. The normalized spacial score (nSPS) is 10.5. The molecule has 0 saturated carbocycles. The Kier molecular flexibility index (Phi) is 6.76. The first kappa shape index (κ1) is 20.4. The molecule has 0 aliphatic heterocycles. The van der Waals surface area contributed by atoms with Crippen molar-refractivity contribution in [2.75, 3.05) is 0 Å². The van der Waals surface area contributed by atoms with Gasteiger partial charge in [0.2, 0.25) is 0 Å². The smallest absolute Gasteiger partial charge is 0.167 e. The fraction of sp³-hybridized carbons (Fsp3) is 0.107. The molecule has 3 heteroatoms. The zero-order chi connectivity index (χ0) is 21.3. The van der Waals surface area contributed by atoms with Crippen LogP contribution in [0.2, 0.25) is 0 Å². The second-order valence-corrected chi connectivity index (χ2v) is 7.30. The zero-order valence-corrected chi connectivity index (χ0v) is 17.2. The minimum absolute atomic E-state index is 0.0466.